The zero-order chi connectivity index (χ0) is 10.6. The van der Waals surface area contributed by atoms with Crippen molar-refractivity contribution in [1.29, 1.82) is 0 Å². The van der Waals surface area contributed by atoms with Gasteiger partial charge in [-0.05, 0) is 38.9 Å². The highest BCUT2D eigenvalue weighted by atomic mass is 15.0. The van der Waals surface area contributed by atoms with Gasteiger partial charge in [-0.1, -0.05) is 26.2 Å². The van der Waals surface area contributed by atoms with E-state index in [-0.39, 0.29) is 0 Å². The van der Waals surface area contributed by atoms with E-state index in [2.05, 4.69) is 12.2 Å². The first kappa shape index (κ1) is 14.0. The average Bonchev–Trinajstić information content (AvgIpc) is 2.18. The van der Waals surface area contributed by atoms with Gasteiger partial charge in [0.1, 0.15) is 0 Å². The summed E-state index contributed by atoms with van der Waals surface area (Å²) in [5.41, 5.74) is 0. The van der Waals surface area contributed by atoms with Crippen molar-refractivity contribution in [2.24, 2.45) is 0 Å². The van der Waals surface area contributed by atoms with Gasteiger partial charge in [-0.2, -0.15) is 0 Å². The van der Waals surface area contributed by atoms with Crippen molar-refractivity contribution >= 4 is 16.0 Å². The summed E-state index contributed by atoms with van der Waals surface area (Å²) >= 11 is 0. The lowest BCUT2D eigenvalue weighted by Gasteiger charge is -2.16. The number of hydrogen-bond donors (Lipinski definition) is 1. The zero-order valence-corrected chi connectivity index (χ0v) is 9.47. The third-order valence-electron chi connectivity index (χ3n) is 2.32. The van der Waals surface area contributed by atoms with E-state index in [4.69, 9.17) is 16.0 Å². The van der Waals surface area contributed by atoms with Crippen LogP contribution in [0.5, 0.6) is 0 Å². The summed E-state index contributed by atoms with van der Waals surface area (Å²) in [4.78, 5) is 1.94. The fourth-order valence-electron chi connectivity index (χ4n) is 1.40. The molecule has 0 unspecified atom stereocenters. The van der Waals surface area contributed by atoms with E-state index in [0.29, 0.717) is 0 Å². The Kier molecular flexibility index (Phi) is 11.2. The van der Waals surface area contributed by atoms with Gasteiger partial charge in [0, 0.05) is 0 Å². The lowest BCUT2D eigenvalue weighted by Crippen LogP contribution is -2.22. The van der Waals surface area contributed by atoms with E-state index < -0.39 is 0 Å². The molecule has 0 rings (SSSR count). The monoisotopic (exact) mass is 192 g/mol. The molecule has 4 heteroatoms. The lowest BCUT2D eigenvalue weighted by molar-refractivity contribution is 0.417. The van der Waals surface area contributed by atoms with Crippen LogP contribution in [0.4, 0.5) is 0 Å². The first-order valence-corrected chi connectivity index (χ1v) is 5.74. The number of nitrogens with zero attached hydrogens (tertiary/aromatic N) is 1. The Balaban J connectivity index is 3.06. The van der Waals surface area contributed by atoms with Gasteiger partial charge in [0.15, 0.2) is 16.0 Å². The molecule has 0 aromatic rings. The highest BCUT2D eigenvalue weighted by Gasteiger charge is 1.96. The molecule has 4 radical (unpaired) electrons. The summed E-state index contributed by atoms with van der Waals surface area (Å²) in [7, 11) is 11.0. The summed E-state index contributed by atoms with van der Waals surface area (Å²) in [6, 6.07) is 0. The minimum Gasteiger partial charge on any atom is -0.366 e. The van der Waals surface area contributed by atoms with Crippen molar-refractivity contribution in [3.63, 3.8) is 0 Å². The highest BCUT2D eigenvalue weighted by molar-refractivity contribution is 6.04. The van der Waals surface area contributed by atoms with Crippen molar-refractivity contribution in [3.05, 3.63) is 0 Å². The van der Waals surface area contributed by atoms with Gasteiger partial charge in [-0.3, -0.25) is 0 Å². The number of unbranched alkanes of at least 4 members (excludes halogenated alkanes) is 4. The molecule has 0 saturated heterocycles. The van der Waals surface area contributed by atoms with Crippen molar-refractivity contribution in [2.75, 3.05) is 19.6 Å². The molecule has 1 N–H and O–H groups in total. The van der Waals surface area contributed by atoms with Crippen molar-refractivity contribution in [1.82, 2.24) is 10.0 Å². The Labute approximate surface area is 91.7 Å². The maximum atomic E-state index is 5.82. The first-order valence-electron chi connectivity index (χ1n) is 5.74. The molecule has 2 nitrogen and oxygen atoms in total. The smallest absolute Gasteiger partial charge is 0.182 e. The van der Waals surface area contributed by atoms with Crippen LogP contribution >= 0.6 is 0 Å². The summed E-state index contributed by atoms with van der Waals surface area (Å²) in [5, 5.41) is 2.65. The Morgan fingerprint density at radius 3 is 2.21 bits per heavy atom. The van der Waals surface area contributed by atoms with E-state index in [9.17, 15) is 0 Å². The summed E-state index contributed by atoms with van der Waals surface area (Å²) < 4.78 is 0. The number of rotatable bonds is 10. The van der Waals surface area contributed by atoms with E-state index >= 15 is 0 Å². The second-order valence-electron chi connectivity index (χ2n) is 3.76. The molecule has 0 amide bonds. The SMILES string of the molecule is [B]NCCCCCN([B])CCCCC. The van der Waals surface area contributed by atoms with Crippen molar-refractivity contribution in [3.8, 4) is 0 Å². The minimum absolute atomic E-state index is 0.903. The number of nitrogens with one attached hydrogen (secondary N) is 1. The average molecular weight is 192 g/mol. The lowest BCUT2D eigenvalue weighted by atomic mass is 10.1. The third-order valence-corrected chi connectivity index (χ3v) is 2.32. The molecule has 0 aromatic heterocycles. The minimum atomic E-state index is 0.903. The van der Waals surface area contributed by atoms with Gasteiger partial charge in [0.25, 0.3) is 0 Å². The molecule has 0 spiro atoms. The van der Waals surface area contributed by atoms with E-state index in [1.54, 1.807) is 0 Å². The van der Waals surface area contributed by atoms with E-state index in [1.807, 2.05) is 4.81 Å². The second kappa shape index (κ2) is 11.1. The fourth-order valence-corrected chi connectivity index (χ4v) is 1.40. The summed E-state index contributed by atoms with van der Waals surface area (Å²) in [6.45, 7) is 5.15. The molecule has 0 aliphatic rings. The van der Waals surface area contributed by atoms with Gasteiger partial charge in [0.2, 0.25) is 0 Å². The van der Waals surface area contributed by atoms with Crippen LogP contribution in [0.25, 0.3) is 0 Å². The molecule has 14 heavy (non-hydrogen) atoms. The van der Waals surface area contributed by atoms with Crippen LogP contribution in [0.3, 0.4) is 0 Å². The van der Waals surface area contributed by atoms with Crippen molar-refractivity contribution < 1.29 is 0 Å². The van der Waals surface area contributed by atoms with Gasteiger partial charge >= 0.3 is 0 Å². The largest absolute Gasteiger partial charge is 0.366 e. The van der Waals surface area contributed by atoms with Gasteiger partial charge in [0.05, 0.1) is 0 Å². The molecule has 0 aliphatic heterocycles. The quantitative estimate of drug-likeness (QED) is 0.415. The second-order valence-corrected chi connectivity index (χ2v) is 3.76. The molecule has 0 fully saturated rings. The maximum Gasteiger partial charge on any atom is 0.182 e. The topological polar surface area (TPSA) is 15.3 Å². The summed E-state index contributed by atoms with van der Waals surface area (Å²) in [5.74, 6) is 0. The predicted molar refractivity (Wildman–Crippen MR) is 64.5 cm³/mol. The molecular formula is C10H22B2N2. The predicted octanol–water partition coefficient (Wildman–Crippen LogP) is 1.41. The van der Waals surface area contributed by atoms with Crippen LogP contribution in [0.15, 0.2) is 0 Å². The van der Waals surface area contributed by atoms with Gasteiger partial charge < -0.3 is 10.0 Å². The Morgan fingerprint density at radius 2 is 1.64 bits per heavy atom. The molecule has 78 valence electrons. The molecule has 0 aliphatic carbocycles. The Bertz CT molecular complexity index is 112. The van der Waals surface area contributed by atoms with E-state index in [1.165, 1.54) is 32.1 Å². The standard InChI is InChI=1S/C10H22B2N2/c1-2-3-6-9-14(12)10-7-4-5-8-13-11/h13H,2-10H2,1H3. The normalized spacial score (nSPS) is 11.0. The number of hydrogen-bond acceptors (Lipinski definition) is 2. The fraction of sp³-hybridized carbons (Fsp3) is 1.00. The molecule has 0 aromatic carbocycles. The molecular weight excluding hydrogens is 170 g/mol. The molecule has 0 atom stereocenters. The molecule has 0 heterocycles. The van der Waals surface area contributed by atoms with Gasteiger partial charge in [-0.25, -0.2) is 0 Å². The summed E-state index contributed by atoms with van der Waals surface area (Å²) in [6.07, 6.45) is 7.27. The van der Waals surface area contributed by atoms with Crippen LogP contribution in [-0.4, -0.2) is 40.4 Å². The van der Waals surface area contributed by atoms with Crippen LogP contribution in [0.2, 0.25) is 0 Å². The first-order chi connectivity index (χ1) is 6.81. The molecule has 0 saturated carbocycles. The van der Waals surface area contributed by atoms with Crippen LogP contribution in [0.1, 0.15) is 45.4 Å². The third kappa shape index (κ3) is 10.1. The Hall–Kier alpha value is 0.0499. The van der Waals surface area contributed by atoms with Crippen LogP contribution in [-0.2, 0) is 0 Å². The molecule has 0 bridgehead atoms. The zero-order valence-electron chi connectivity index (χ0n) is 9.47. The van der Waals surface area contributed by atoms with Gasteiger partial charge in [-0.15, -0.1) is 0 Å². The van der Waals surface area contributed by atoms with Crippen LogP contribution in [0, 0.1) is 0 Å². The van der Waals surface area contributed by atoms with E-state index in [0.717, 1.165) is 26.1 Å². The highest BCUT2D eigenvalue weighted by Crippen LogP contribution is 1.99. The Morgan fingerprint density at radius 1 is 1.00 bits per heavy atom. The maximum absolute atomic E-state index is 5.82. The van der Waals surface area contributed by atoms with Crippen molar-refractivity contribution in [2.45, 2.75) is 45.4 Å². The van der Waals surface area contributed by atoms with Crippen LogP contribution < -0.4 is 5.23 Å².